The van der Waals surface area contributed by atoms with Gasteiger partial charge in [0.25, 0.3) is 0 Å². The van der Waals surface area contributed by atoms with Gasteiger partial charge in [0, 0.05) is 20.3 Å². The first-order valence-electron chi connectivity index (χ1n) is 4.76. The molecule has 88 valence electrons. The van der Waals surface area contributed by atoms with Crippen LogP contribution in [0.1, 0.15) is 6.92 Å². The first-order chi connectivity index (χ1) is 7.56. The summed E-state index contributed by atoms with van der Waals surface area (Å²) in [5.41, 5.74) is -0.137. The topological polar surface area (TPSA) is 62.6 Å². The second-order valence-electron chi connectivity index (χ2n) is 3.05. The van der Waals surface area contributed by atoms with Gasteiger partial charge in [-0.1, -0.05) is 0 Å². The normalized spacial score (nSPS) is 11.7. The maximum Gasteiger partial charge on any atom is 0.352 e. The molecule has 0 aliphatic rings. The molecule has 16 heavy (non-hydrogen) atoms. The number of methoxy groups -OCH3 is 1. The predicted molar refractivity (Wildman–Crippen MR) is 59.1 cm³/mol. The Labute approximate surface area is 95.6 Å². The summed E-state index contributed by atoms with van der Waals surface area (Å²) in [6, 6.07) is 1.77. The van der Waals surface area contributed by atoms with Crippen LogP contribution in [0.3, 0.4) is 0 Å². The monoisotopic (exact) mass is 224 g/mol. The fraction of sp³-hybridized carbons (Fsp3) is 0.455. The molecule has 0 aromatic heterocycles. The van der Waals surface area contributed by atoms with Crippen LogP contribution in [0.15, 0.2) is 23.6 Å². The molecular weight excluding hydrogens is 208 g/mol. The molecule has 0 aliphatic heterocycles. The lowest BCUT2D eigenvalue weighted by atomic mass is 10.2. The molecule has 0 aromatic carbocycles. The van der Waals surface area contributed by atoms with E-state index < -0.39 is 5.97 Å². The van der Waals surface area contributed by atoms with Crippen molar-refractivity contribution < 1.29 is 14.3 Å². The molecule has 5 nitrogen and oxygen atoms in total. The van der Waals surface area contributed by atoms with E-state index in [1.165, 1.54) is 7.11 Å². The Balaban J connectivity index is 5.18. The van der Waals surface area contributed by atoms with Crippen LogP contribution in [0.4, 0.5) is 0 Å². The van der Waals surface area contributed by atoms with Crippen molar-refractivity contribution in [3.8, 4) is 6.07 Å². The molecule has 5 heteroatoms. The molecule has 0 spiro atoms. The molecule has 0 aliphatic carbocycles. The van der Waals surface area contributed by atoms with Gasteiger partial charge < -0.3 is 14.4 Å². The lowest BCUT2D eigenvalue weighted by Crippen LogP contribution is -2.08. The van der Waals surface area contributed by atoms with Gasteiger partial charge in [-0.25, -0.2) is 4.79 Å². The quantitative estimate of drug-likeness (QED) is 0.230. The van der Waals surface area contributed by atoms with Gasteiger partial charge in [0.05, 0.1) is 13.7 Å². The Morgan fingerprint density at radius 3 is 2.50 bits per heavy atom. The lowest BCUT2D eigenvalue weighted by Gasteiger charge is -2.08. The van der Waals surface area contributed by atoms with Crippen molar-refractivity contribution in [3.05, 3.63) is 23.6 Å². The average Bonchev–Trinajstić information content (AvgIpc) is 2.26. The molecule has 0 unspecified atom stereocenters. The molecule has 0 fully saturated rings. The third kappa shape index (κ3) is 4.51. The van der Waals surface area contributed by atoms with E-state index in [1.807, 2.05) is 14.1 Å². The first kappa shape index (κ1) is 14.0. The minimum atomic E-state index is -0.700. The van der Waals surface area contributed by atoms with Crippen LogP contribution in [0.25, 0.3) is 0 Å². The van der Waals surface area contributed by atoms with Crippen LogP contribution < -0.4 is 0 Å². The number of rotatable bonds is 5. The fourth-order valence-electron chi connectivity index (χ4n) is 0.879. The maximum atomic E-state index is 11.3. The molecule has 0 rings (SSSR count). The number of hydrogen-bond acceptors (Lipinski definition) is 5. The number of hydrogen-bond donors (Lipinski definition) is 0. The van der Waals surface area contributed by atoms with Gasteiger partial charge in [-0.15, -0.1) is 0 Å². The number of nitrogens with zero attached hydrogens (tertiary/aromatic N) is 2. The maximum absolute atomic E-state index is 11.3. The Hall–Kier alpha value is -1.96. The predicted octanol–water partition coefficient (Wildman–Crippen LogP) is 1.05. The van der Waals surface area contributed by atoms with Crippen LogP contribution in [0.5, 0.6) is 0 Å². The standard InChI is InChI=1S/C11H16N2O3/c1-5-16-10(6-7-13(2)3)9(8-12)11(14)15-4/h6-7H,5H2,1-4H3. The number of nitriles is 1. The van der Waals surface area contributed by atoms with Crippen molar-refractivity contribution in [1.82, 2.24) is 4.90 Å². The van der Waals surface area contributed by atoms with Crippen LogP contribution in [-0.4, -0.2) is 38.7 Å². The summed E-state index contributed by atoms with van der Waals surface area (Å²) < 4.78 is 9.70. The smallest absolute Gasteiger partial charge is 0.352 e. The van der Waals surface area contributed by atoms with Gasteiger partial charge in [-0.3, -0.25) is 0 Å². The highest BCUT2D eigenvalue weighted by atomic mass is 16.5. The van der Waals surface area contributed by atoms with Crippen molar-refractivity contribution in [3.63, 3.8) is 0 Å². The minimum Gasteiger partial charge on any atom is -0.492 e. The van der Waals surface area contributed by atoms with Gasteiger partial charge in [0.15, 0.2) is 5.57 Å². The van der Waals surface area contributed by atoms with Crippen molar-refractivity contribution in [1.29, 1.82) is 5.26 Å². The number of carbonyl (C=O) groups is 1. The zero-order valence-corrected chi connectivity index (χ0v) is 9.98. The summed E-state index contributed by atoms with van der Waals surface area (Å²) in [6.07, 6.45) is 3.24. The highest BCUT2D eigenvalue weighted by Gasteiger charge is 2.15. The van der Waals surface area contributed by atoms with E-state index in [1.54, 1.807) is 30.2 Å². The van der Waals surface area contributed by atoms with Gasteiger partial charge >= 0.3 is 5.97 Å². The van der Waals surface area contributed by atoms with E-state index in [0.29, 0.717) is 6.61 Å². The number of ether oxygens (including phenoxy) is 2. The zero-order chi connectivity index (χ0) is 12.6. The van der Waals surface area contributed by atoms with Gasteiger partial charge in [0.2, 0.25) is 0 Å². The van der Waals surface area contributed by atoms with Gasteiger partial charge in [0.1, 0.15) is 11.8 Å². The zero-order valence-electron chi connectivity index (χ0n) is 9.98. The Bertz CT molecular complexity index is 338. The molecule has 0 radical (unpaired) electrons. The molecule has 0 saturated heterocycles. The molecule has 0 N–H and O–H groups in total. The van der Waals surface area contributed by atoms with Crippen molar-refractivity contribution in [2.45, 2.75) is 6.92 Å². The van der Waals surface area contributed by atoms with Crippen molar-refractivity contribution in [2.75, 3.05) is 27.8 Å². The number of allylic oxidation sites excluding steroid dienone is 1. The van der Waals surface area contributed by atoms with Gasteiger partial charge in [-0.05, 0) is 13.0 Å². The Kier molecular flexibility index (Phi) is 6.45. The number of carbonyl (C=O) groups excluding carboxylic acids is 1. The second-order valence-corrected chi connectivity index (χ2v) is 3.05. The van der Waals surface area contributed by atoms with Crippen LogP contribution >= 0.6 is 0 Å². The molecule has 0 atom stereocenters. The summed E-state index contributed by atoms with van der Waals surface area (Å²) in [7, 11) is 4.87. The molecule has 0 aromatic rings. The van der Waals surface area contributed by atoms with E-state index in [4.69, 9.17) is 10.00 Å². The van der Waals surface area contributed by atoms with Gasteiger partial charge in [-0.2, -0.15) is 5.26 Å². The van der Waals surface area contributed by atoms with E-state index >= 15 is 0 Å². The van der Waals surface area contributed by atoms with E-state index in [0.717, 1.165) is 0 Å². The van der Waals surface area contributed by atoms with E-state index in [9.17, 15) is 4.79 Å². The Morgan fingerprint density at radius 2 is 2.12 bits per heavy atom. The first-order valence-corrected chi connectivity index (χ1v) is 4.76. The fourth-order valence-corrected chi connectivity index (χ4v) is 0.879. The van der Waals surface area contributed by atoms with E-state index in [2.05, 4.69) is 4.74 Å². The largest absolute Gasteiger partial charge is 0.492 e. The summed E-state index contributed by atoms with van der Waals surface area (Å²) >= 11 is 0. The van der Waals surface area contributed by atoms with Crippen molar-refractivity contribution >= 4 is 5.97 Å². The highest BCUT2D eigenvalue weighted by Crippen LogP contribution is 2.09. The molecule has 0 heterocycles. The van der Waals surface area contributed by atoms with E-state index in [-0.39, 0.29) is 11.3 Å². The Morgan fingerprint density at radius 1 is 1.50 bits per heavy atom. The average molecular weight is 224 g/mol. The summed E-state index contributed by atoms with van der Waals surface area (Å²) in [4.78, 5) is 13.0. The summed E-state index contributed by atoms with van der Waals surface area (Å²) in [5.74, 6) is -0.486. The summed E-state index contributed by atoms with van der Waals surface area (Å²) in [6.45, 7) is 2.14. The minimum absolute atomic E-state index is 0.137. The third-order valence-electron chi connectivity index (χ3n) is 1.57. The lowest BCUT2D eigenvalue weighted by molar-refractivity contribution is -0.135. The second kappa shape index (κ2) is 7.35. The van der Waals surface area contributed by atoms with Crippen LogP contribution in [-0.2, 0) is 14.3 Å². The number of esters is 1. The van der Waals surface area contributed by atoms with Crippen molar-refractivity contribution in [2.24, 2.45) is 0 Å². The van der Waals surface area contributed by atoms with Crippen LogP contribution in [0, 0.1) is 11.3 Å². The molecule has 0 saturated carbocycles. The molecule has 0 bridgehead atoms. The third-order valence-corrected chi connectivity index (χ3v) is 1.57. The molecule has 0 amide bonds. The highest BCUT2D eigenvalue weighted by molar-refractivity contribution is 5.93. The molecular formula is C11H16N2O3. The van der Waals surface area contributed by atoms with Crippen LogP contribution in [0.2, 0.25) is 0 Å². The SMILES string of the molecule is CCOC(C=CN(C)C)=C(C#N)C(=O)OC. The summed E-state index contributed by atoms with van der Waals surface area (Å²) in [5, 5.41) is 8.85.